The second-order valence-corrected chi connectivity index (χ2v) is 5.22. The number of nitrogens with one attached hydrogen (secondary N) is 1. The Kier molecular flexibility index (Phi) is 3.69. The van der Waals surface area contributed by atoms with Crippen molar-refractivity contribution in [2.45, 2.75) is 0 Å². The van der Waals surface area contributed by atoms with E-state index < -0.39 is 5.97 Å². The highest BCUT2D eigenvalue weighted by Gasteiger charge is 2.24. The molecule has 4 nitrogen and oxygen atoms in total. The van der Waals surface area contributed by atoms with E-state index in [2.05, 4.69) is 5.32 Å². The van der Waals surface area contributed by atoms with Crippen LogP contribution in [0.4, 0.5) is 5.69 Å². The molecule has 1 heterocycles. The zero-order chi connectivity index (χ0) is 15.7. The van der Waals surface area contributed by atoms with Crippen molar-refractivity contribution < 1.29 is 14.3 Å². The summed E-state index contributed by atoms with van der Waals surface area (Å²) in [6, 6.07) is 12.1. The largest absolute Gasteiger partial charge is 0.465 e. The van der Waals surface area contributed by atoms with Gasteiger partial charge in [-0.3, -0.25) is 4.79 Å². The Morgan fingerprint density at radius 2 is 2.00 bits per heavy atom. The molecule has 0 fully saturated rings. The average molecular weight is 314 g/mol. The first-order chi connectivity index (χ1) is 10.6. The van der Waals surface area contributed by atoms with Gasteiger partial charge in [-0.05, 0) is 35.9 Å². The van der Waals surface area contributed by atoms with Crippen LogP contribution in [0.3, 0.4) is 0 Å². The molecular formula is C17H12ClNO3. The van der Waals surface area contributed by atoms with Crippen LogP contribution in [0, 0.1) is 0 Å². The summed E-state index contributed by atoms with van der Waals surface area (Å²) in [6.45, 7) is 0. The van der Waals surface area contributed by atoms with Crippen molar-refractivity contribution in [1.82, 2.24) is 0 Å². The summed E-state index contributed by atoms with van der Waals surface area (Å²) in [6.07, 6.45) is 1.67. The lowest BCUT2D eigenvalue weighted by atomic mass is 10.0. The van der Waals surface area contributed by atoms with E-state index >= 15 is 0 Å². The SMILES string of the molecule is COC(=O)c1ccccc1/C=C1/C(=O)Nc2ccc(Cl)cc21. The first-order valence-electron chi connectivity index (χ1n) is 6.60. The van der Waals surface area contributed by atoms with E-state index in [-0.39, 0.29) is 5.91 Å². The summed E-state index contributed by atoms with van der Waals surface area (Å²) >= 11 is 6.00. The molecule has 2 aromatic carbocycles. The maximum Gasteiger partial charge on any atom is 0.338 e. The molecule has 0 spiro atoms. The first kappa shape index (κ1) is 14.4. The van der Waals surface area contributed by atoms with Crippen molar-refractivity contribution in [2.24, 2.45) is 0 Å². The molecule has 1 aliphatic heterocycles. The zero-order valence-corrected chi connectivity index (χ0v) is 12.5. The number of methoxy groups -OCH3 is 1. The third-order valence-electron chi connectivity index (χ3n) is 3.43. The second-order valence-electron chi connectivity index (χ2n) is 4.78. The van der Waals surface area contributed by atoms with Gasteiger partial charge < -0.3 is 10.1 Å². The zero-order valence-electron chi connectivity index (χ0n) is 11.7. The molecule has 0 aliphatic carbocycles. The molecule has 0 atom stereocenters. The Balaban J connectivity index is 2.13. The standard InChI is InChI=1S/C17H12ClNO3/c1-22-17(21)12-5-3-2-4-10(12)8-14-13-9-11(18)6-7-15(13)19-16(14)20/h2-9H,1H3,(H,19,20)/b14-8+. The number of amides is 1. The molecule has 0 saturated heterocycles. The van der Waals surface area contributed by atoms with E-state index in [4.69, 9.17) is 16.3 Å². The summed E-state index contributed by atoms with van der Waals surface area (Å²) in [4.78, 5) is 24.0. The molecule has 2 aromatic rings. The van der Waals surface area contributed by atoms with Crippen molar-refractivity contribution in [2.75, 3.05) is 12.4 Å². The number of halogens is 1. The van der Waals surface area contributed by atoms with Crippen LogP contribution in [0.2, 0.25) is 5.02 Å². The van der Waals surface area contributed by atoms with Crippen LogP contribution in [-0.2, 0) is 9.53 Å². The number of hydrogen-bond donors (Lipinski definition) is 1. The minimum atomic E-state index is -0.447. The molecule has 5 heteroatoms. The fourth-order valence-corrected chi connectivity index (χ4v) is 2.55. The Morgan fingerprint density at radius 3 is 2.77 bits per heavy atom. The van der Waals surface area contributed by atoms with Crippen LogP contribution in [0.5, 0.6) is 0 Å². The van der Waals surface area contributed by atoms with Crippen molar-refractivity contribution in [1.29, 1.82) is 0 Å². The van der Waals surface area contributed by atoms with Crippen LogP contribution in [0.1, 0.15) is 21.5 Å². The number of hydrogen-bond acceptors (Lipinski definition) is 3. The molecule has 3 rings (SSSR count). The number of benzene rings is 2. The minimum absolute atomic E-state index is 0.225. The highest BCUT2D eigenvalue weighted by molar-refractivity contribution is 6.37. The van der Waals surface area contributed by atoms with E-state index in [0.717, 1.165) is 5.56 Å². The lowest BCUT2D eigenvalue weighted by Crippen LogP contribution is -2.06. The van der Waals surface area contributed by atoms with Gasteiger partial charge in [-0.1, -0.05) is 29.8 Å². The molecule has 1 aliphatic rings. The van der Waals surface area contributed by atoms with Crippen molar-refractivity contribution in [3.05, 3.63) is 64.2 Å². The van der Waals surface area contributed by atoms with Crippen molar-refractivity contribution >= 4 is 40.8 Å². The third-order valence-corrected chi connectivity index (χ3v) is 3.67. The Labute approximate surface area is 132 Å². The van der Waals surface area contributed by atoms with Gasteiger partial charge in [0.25, 0.3) is 5.91 Å². The molecule has 0 bridgehead atoms. The first-order valence-corrected chi connectivity index (χ1v) is 6.98. The molecule has 1 N–H and O–H groups in total. The van der Waals surface area contributed by atoms with Gasteiger partial charge in [0.15, 0.2) is 0 Å². The van der Waals surface area contributed by atoms with E-state index in [9.17, 15) is 9.59 Å². The molecule has 0 unspecified atom stereocenters. The Hall–Kier alpha value is -2.59. The summed E-state index contributed by atoms with van der Waals surface area (Å²) in [5.74, 6) is -0.672. The van der Waals surface area contributed by atoms with E-state index in [1.54, 1.807) is 48.5 Å². The van der Waals surface area contributed by atoms with E-state index in [1.165, 1.54) is 7.11 Å². The van der Waals surface area contributed by atoms with Crippen LogP contribution in [-0.4, -0.2) is 19.0 Å². The highest BCUT2D eigenvalue weighted by Crippen LogP contribution is 2.35. The lowest BCUT2D eigenvalue weighted by molar-refractivity contribution is -0.110. The molecule has 0 aromatic heterocycles. The lowest BCUT2D eigenvalue weighted by Gasteiger charge is -2.05. The quantitative estimate of drug-likeness (QED) is 0.680. The fraction of sp³-hybridized carbons (Fsp3) is 0.0588. The van der Waals surface area contributed by atoms with Gasteiger partial charge in [0.1, 0.15) is 0 Å². The van der Waals surface area contributed by atoms with E-state index in [1.807, 2.05) is 0 Å². The molecule has 0 radical (unpaired) electrons. The average Bonchev–Trinajstić information content (AvgIpc) is 2.83. The van der Waals surface area contributed by atoms with Gasteiger partial charge in [-0.25, -0.2) is 4.79 Å². The number of anilines is 1. The number of rotatable bonds is 2. The smallest absolute Gasteiger partial charge is 0.338 e. The molecule has 110 valence electrons. The predicted molar refractivity (Wildman–Crippen MR) is 85.7 cm³/mol. The number of esters is 1. The number of ether oxygens (including phenoxy) is 1. The van der Waals surface area contributed by atoms with Gasteiger partial charge in [0.2, 0.25) is 0 Å². The molecular weight excluding hydrogens is 302 g/mol. The number of carbonyl (C=O) groups is 2. The third kappa shape index (κ3) is 2.49. The number of fused-ring (bicyclic) bond motifs is 1. The van der Waals surface area contributed by atoms with Gasteiger partial charge in [-0.15, -0.1) is 0 Å². The predicted octanol–water partition coefficient (Wildman–Crippen LogP) is 3.62. The highest BCUT2D eigenvalue weighted by atomic mass is 35.5. The summed E-state index contributed by atoms with van der Waals surface area (Å²) in [7, 11) is 1.32. The van der Waals surface area contributed by atoms with Gasteiger partial charge in [0, 0.05) is 21.8 Å². The van der Waals surface area contributed by atoms with Crippen LogP contribution in [0.15, 0.2) is 42.5 Å². The Morgan fingerprint density at radius 1 is 1.23 bits per heavy atom. The number of carbonyl (C=O) groups excluding carboxylic acids is 2. The summed E-state index contributed by atoms with van der Waals surface area (Å²) < 4.78 is 4.77. The van der Waals surface area contributed by atoms with Crippen molar-refractivity contribution in [3.63, 3.8) is 0 Å². The van der Waals surface area contributed by atoms with Crippen LogP contribution >= 0.6 is 11.6 Å². The Bertz CT molecular complexity index is 811. The van der Waals surface area contributed by atoms with Crippen LogP contribution in [0.25, 0.3) is 11.6 Å². The van der Waals surface area contributed by atoms with Gasteiger partial charge in [-0.2, -0.15) is 0 Å². The maximum absolute atomic E-state index is 12.2. The van der Waals surface area contributed by atoms with Gasteiger partial charge >= 0.3 is 5.97 Å². The van der Waals surface area contributed by atoms with Crippen molar-refractivity contribution in [3.8, 4) is 0 Å². The maximum atomic E-state index is 12.2. The topological polar surface area (TPSA) is 55.4 Å². The fourth-order valence-electron chi connectivity index (χ4n) is 2.38. The normalized spacial score (nSPS) is 14.6. The monoisotopic (exact) mass is 313 g/mol. The van der Waals surface area contributed by atoms with E-state index in [0.29, 0.717) is 27.4 Å². The molecule has 1 amide bonds. The molecule has 0 saturated carbocycles. The second kappa shape index (κ2) is 5.66. The minimum Gasteiger partial charge on any atom is -0.465 e. The van der Waals surface area contributed by atoms with Gasteiger partial charge in [0.05, 0.1) is 12.7 Å². The molecule has 22 heavy (non-hydrogen) atoms. The summed E-state index contributed by atoms with van der Waals surface area (Å²) in [5, 5.41) is 3.32. The van der Waals surface area contributed by atoms with Crippen LogP contribution < -0.4 is 5.32 Å². The summed E-state index contributed by atoms with van der Waals surface area (Å²) in [5.41, 5.74) is 2.91.